The van der Waals surface area contributed by atoms with Gasteiger partial charge in [0.25, 0.3) is 0 Å². The second kappa shape index (κ2) is 6.90. The van der Waals surface area contributed by atoms with Crippen LogP contribution in [0.5, 0.6) is 5.75 Å². The summed E-state index contributed by atoms with van der Waals surface area (Å²) in [6.45, 7) is 7.67. The molecule has 0 aliphatic rings. The van der Waals surface area contributed by atoms with E-state index in [1.54, 1.807) is 13.2 Å². The molecule has 0 spiro atoms. The molecular formula is C17H20N4O. The number of nitriles is 1. The summed E-state index contributed by atoms with van der Waals surface area (Å²) in [6.07, 6.45) is 0. The smallest absolute Gasteiger partial charge is 0.227 e. The van der Waals surface area contributed by atoms with Crippen LogP contribution in [0.25, 0.3) is 11.3 Å². The molecule has 1 heterocycles. The molecule has 5 heteroatoms. The van der Waals surface area contributed by atoms with Crippen LogP contribution in [0.3, 0.4) is 0 Å². The van der Waals surface area contributed by atoms with Gasteiger partial charge in [0.2, 0.25) is 5.95 Å². The van der Waals surface area contributed by atoms with Crippen molar-refractivity contribution in [2.45, 2.75) is 20.8 Å². The number of anilines is 1. The van der Waals surface area contributed by atoms with Gasteiger partial charge in [-0.3, -0.25) is 0 Å². The van der Waals surface area contributed by atoms with Gasteiger partial charge in [-0.1, -0.05) is 11.6 Å². The molecule has 2 rings (SSSR count). The van der Waals surface area contributed by atoms with Gasteiger partial charge in [0.05, 0.1) is 12.8 Å². The summed E-state index contributed by atoms with van der Waals surface area (Å²) < 4.78 is 5.42. The van der Waals surface area contributed by atoms with Gasteiger partial charge in [0.15, 0.2) is 0 Å². The monoisotopic (exact) mass is 296 g/mol. The van der Waals surface area contributed by atoms with Gasteiger partial charge in [0, 0.05) is 24.7 Å². The van der Waals surface area contributed by atoms with Crippen molar-refractivity contribution < 1.29 is 4.74 Å². The molecule has 0 amide bonds. The van der Waals surface area contributed by atoms with E-state index in [2.05, 4.69) is 16.0 Å². The van der Waals surface area contributed by atoms with E-state index in [-0.39, 0.29) is 0 Å². The molecular weight excluding hydrogens is 276 g/mol. The first kappa shape index (κ1) is 15.8. The molecule has 0 aliphatic heterocycles. The second-order valence-corrected chi connectivity index (χ2v) is 4.93. The molecule has 0 bridgehead atoms. The maximum Gasteiger partial charge on any atom is 0.227 e. The molecule has 5 nitrogen and oxygen atoms in total. The van der Waals surface area contributed by atoms with E-state index in [0.29, 0.717) is 17.3 Å². The molecule has 0 aliphatic carbocycles. The molecule has 0 unspecified atom stereocenters. The molecule has 0 fully saturated rings. The van der Waals surface area contributed by atoms with Crippen molar-refractivity contribution in [2.75, 3.05) is 25.1 Å². The lowest BCUT2D eigenvalue weighted by Crippen LogP contribution is -2.24. The third-order valence-corrected chi connectivity index (χ3v) is 3.51. The van der Waals surface area contributed by atoms with Gasteiger partial charge in [-0.15, -0.1) is 0 Å². The minimum Gasteiger partial charge on any atom is -0.496 e. The molecule has 0 saturated heterocycles. The highest BCUT2D eigenvalue weighted by molar-refractivity contribution is 5.69. The van der Waals surface area contributed by atoms with E-state index in [9.17, 15) is 5.26 Å². The fraction of sp³-hybridized carbons (Fsp3) is 0.353. The van der Waals surface area contributed by atoms with E-state index >= 15 is 0 Å². The lowest BCUT2D eigenvalue weighted by molar-refractivity contribution is 0.416. The van der Waals surface area contributed by atoms with Gasteiger partial charge in [-0.25, -0.2) is 9.97 Å². The second-order valence-electron chi connectivity index (χ2n) is 4.93. The number of methoxy groups -OCH3 is 1. The number of aromatic nitrogens is 2. The quantitative estimate of drug-likeness (QED) is 0.848. The van der Waals surface area contributed by atoms with Crippen molar-refractivity contribution in [2.24, 2.45) is 0 Å². The molecule has 2 aromatic rings. The zero-order chi connectivity index (χ0) is 16.1. The Morgan fingerprint density at radius 3 is 2.50 bits per heavy atom. The average molecular weight is 296 g/mol. The van der Waals surface area contributed by atoms with Crippen LogP contribution in [0.4, 0.5) is 5.95 Å². The van der Waals surface area contributed by atoms with Crippen LogP contribution >= 0.6 is 0 Å². The number of hydrogen-bond donors (Lipinski definition) is 0. The van der Waals surface area contributed by atoms with E-state index < -0.39 is 0 Å². The van der Waals surface area contributed by atoms with Crippen molar-refractivity contribution in [3.63, 3.8) is 0 Å². The van der Waals surface area contributed by atoms with Crippen LogP contribution in [-0.4, -0.2) is 30.2 Å². The Labute approximate surface area is 131 Å². The first-order valence-corrected chi connectivity index (χ1v) is 7.32. The summed E-state index contributed by atoms with van der Waals surface area (Å²) in [7, 11) is 1.63. The van der Waals surface area contributed by atoms with E-state index in [0.717, 1.165) is 30.0 Å². The molecule has 1 aromatic heterocycles. The summed E-state index contributed by atoms with van der Waals surface area (Å²) in [5, 5.41) is 9.25. The summed E-state index contributed by atoms with van der Waals surface area (Å²) in [4.78, 5) is 11.0. The minimum atomic E-state index is 0.357. The Kier molecular flexibility index (Phi) is 4.95. The molecule has 0 atom stereocenters. The summed E-state index contributed by atoms with van der Waals surface area (Å²) in [5.74, 6) is 1.31. The lowest BCUT2D eigenvalue weighted by atomic mass is 10.1. The maximum absolute atomic E-state index is 9.25. The van der Waals surface area contributed by atoms with Crippen molar-refractivity contribution in [3.8, 4) is 23.1 Å². The highest BCUT2D eigenvalue weighted by Gasteiger charge is 2.14. The van der Waals surface area contributed by atoms with Crippen LogP contribution in [0.1, 0.15) is 25.1 Å². The zero-order valence-electron chi connectivity index (χ0n) is 13.4. The number of hydrogen-bond acceptors (Lipinski definition) is 5. The zero-order valence-corrected chi connectivity index (χ0v) is 13.4. The SMILES string of the molecule is CCN(CC)c1nc(C#N)cc(-c2cc(C)ccc2OC)n1. The highest BCUT2D eigenvalue weighted by Crippen LogP contribution is 2.30. The van der Waals surface area contributed by atoms with E-state index in [1.165, 1.54) is 0 Å². The Morgan fingerprint density at radius 1 is 1.18 bits per heavy atom. The Morgan fingerprint density at radius 2 is 1.91 bits per heavy atom. The Hall–Kier alpha value is -2.61. The maximum atomic E-state index is 9.25. The molecule has 0 radical (unpaired) electrons. The normalized spacial score (nSPS) is 10.1. The number of ether oxygens (including phenoxy) is 1. The van der Waals surface area contributed by atoms with Gasteiger partial charge in [0.1, 0.15) is 17.5 Å². The summed E-state index contributed by atoms with van der Waals surface area (Å²) in [5.41, 5.74) is 3.04. The summed E-state index contributed by atoms with van der Waals surface area (Å²) >= 11 is 0. The van der Waals surface area contributed by atoms with Crippen LogP contribution in [0.2, 0.25) is 0 Å². The predicted molar refractivity (Wildman–Crippen MR) is 87.0 cm³/mol. The average Bonchev–Trinajstić information content (AvgIpc) is 2.55. The third kappa shape index (κ3) is 3.17. The molecule has 0 N–H and O–H groups in total. The van der Waals surface area contributed by atoms with Gasteiger partial charge >= 0.3 is 0 Å². The van der Waals surface area contributed by atoms with Gasteiger partial charge in [-0.05, 0) is 32.9 Å². The lowest BCUT2D eigenvalue weighted by Gasteiger charge is -2.19. The largest absolute Gasteiger partial charge is 0.496 e. The molecule has 1 aromatic carbocycles. The fourth-order valence-corrected chi connectivity index (χ4v) is 2.30. The van der Waals surface area contributed by atoms with Crippen molar-refractivity contribution >= 4 is 5.95 Å². The third-order valence-electron chi connectivity index (χ3n) is 3.51. The van der Waals surface area contributed by atoms with E-state index in [1.807, 2.05) is 43.9 Å². The molecule has 22 heavy (non-hydrogen) atoms. The standard InChI is InChI=1S/C17H20N4O/c1-5-21(6-2)17-19-13(11-18)10-15(20-17)14-9-12(3)7-8-16(14)22-4/h7-10H,5-6H2,1-4H3. The van der Waals surface area contributed by atoms with Gasteiger partial charge < -0.3 is 9.64 Å². The van der Waals surface area contributed by atoms with Crippen LogP contribution in [0.15, 0.2) is 24.3 Å². The summed E-state index contributed by atoms with van der Waals surface area (Å²) in [6, 6.07) is 9.72. The Balaban J connectivity index is 2.63. The molecule has 0 saturated carbocycles. The Bertz CT molecular complexity index is 702. The number of rotatable bonds is 5. The highest BCUT2D eigenvalue weighted by atomic mass is 16.5. The topological polar surface area (TPSA) is 62.0 Å². The minimum absolute atomic E-state index is 0.357. The van der Waals surface area contributed by atoms with E-state index in [4.69, 9.17) is 4.74 Å². The first-order chi connectivity index (χ1) is 10.6. The fourth-order valence-electron chi connectivity index (χ4n) is 2.30. The predicted octanol–water partition coefficient (Wildman–Crippen LogP) is 3.18. The first-order valence-electron chi connectivity index (χ1n) is 7.32. The van der Waals surface area contributed by atoms with Gasteiger partial charge in [-0.2, -0.15) is 5.26 Å². The van der Waals surface area contributed by atoms with Crippen molar-refractivity contribution in [3.05, 3.63) is 35.5 Å². The molecule has 114 valence electrons. The number of benzene rings is 1. The van der Waals surface area contributed by atoms with Crippen molar-refractivity contribution in [1.29, 1.82) is 5.26 Å². The van der Waals surface area contributed by atoms with Crippen LogP contribution in [0, 0.1) is 18.3 Å². The van der Waals surface area contributed by atoms with Crippen LogP contribution in [-0.2, 0) is 0 Å². The number of nitrogens with zero attached hydrogens (tertiary/aromatic N) is 4. The van der Waals surface area contributed by atoms with Crippen LogP contribution < -0.4 is 9.64 Å². The number of aryl methyl sites for hydroxylation is 1. The van der Waals surface area contributed by atoms with Crippen molar-refractivity contribution in [1.82, 2.24) is 9.97 Å².